The van der Waals surface area contributed by atoms with Crippen LogP contribution in [-0.4, -0.2) is 40.5 Å². The van der Waals surface area contributed by atoms with E-state index in [9.17, 15) is 4.79 Å². The maximum absolute atomic E-state index is 11.6. The molecule has 0 radical (unpaired) electrons. The normalized spacial score (nSPS) is 12.2. The molecule has 3 aromatic heterocycles. The second-order valence-electron chi connectivity index (χ2n) is 6.86. The van der Waals surface area contributed by atoms with E-state index >= 15 is 0 Å². The van der Waals surface area contributed by atoms with Gasteiger partial charge in [-0.2, -0.15) is 0 Å². The molecule has 3 rings (SSSR count). The lowest BCUT2D eigenvalue weighted by Gasteiger charge is -2.19. The van der Waals surface area contributed by atoms with E-state index in [1.54, 1.807) is 51.8 Å². The molecule has 1 amide bonds. The summed E-state index contributed by atoms with van der Waals surface area (Å²) in [7, 11) is 0. The van der Waals surface area contributed by atoms with Crippen LogP contribution in [-0.2, 0) is 9.57 Å². The second-order valence-corrected chi connectivity index (χ2v) is 6.86. The molecule has 0 spiro atoms. The van der Waals surface area contributed by atoms with Crippen LogP contribution >= 0.6 is 0 Å². The molecule has 3 aromatic rings. The maximum Gasteiger partial charge on any atom is 0.407 e. The van der Waals surface area contributed by atoms with Crippen LogP contribution in [0.15, 0.2) is 52.7 Å². The molecular weight excluding hydrogens is 348 g/mol. The Balaban J connectivity index is 1.65. The molecule has 142 valence electrons. The number of H-pyrrole nitrogens is 1. The van der Waals surface area contributed by atoms with Gasteiger partial charge in [0, 0.05) is 17.1 Å². The van der Waals surface area contributed by atoms with Gasteiger partial charge in [0.25, 0.3) is 0 Å². The van der Waals surface area contributed by atoms with Gasteiger partial charge in [-0.3, -0.25) is 4.98 Å². The third kappa shape index (κ3) is 5.10. The number of alkyl carbamates (subject to hydrolysis) is 1. The SMILES string of the molecule is CC(C)(C)OC(=O)NCCO/N=C(\c1ccoc1)c1cc2ccncc2[nH]1. The van der Waals surface area contributed by atoms with E-state index in [2.05, 4.69) is 20.4 Å². The number of oxime groups is 1. The van der Waals surface area contributed by atoms with Crippen molar-refractivity contribution in [1.29, 1.82) is 0 Å². The Labute approximate surface area is 156 Å². The number of hydrogen-bond donors (Lipinski definition) is 2. The summed E-state index contributed by atoms with van der Waals surface area (Å²) in [6.07, 6.45) is 6.14. The highest BCUT2D eigenvalue weighted by Crippen LogP contribution is 2.18. The minimum atomic E-state index is -0.540. The fourth-order valence-corrected chi connectivity index (χ4v) is 2.38. The molecule has 8 nitrogen and oxygen atoms in total. The lowest BCUT2D eigenvalue weighted by Crippen LogP contribution is -2.34. The Hall–Kier alpha value is -3.29. The van der Waals surface area contributed by atoms with Crippen molar-refractivity contribution in [3.8, 4) is 0 Å². The highest BCUT2D eigenvalue weighted by atomic mass is 16.6. The molecule has 0 unspecified atom stereocenters. The smallest absolute Gasteiger partial charge is 0.407 e. The summed E-state index contributed by atoms with van der Waals surface area (Å²) in [6.45, 7) is 5.89. The predicted octanol–water partition coefficient (Wildman–Crippen LogP) is 3.45. The summed E-state index contributed by atoms with van der Waals surface area (Å²) in [4.78, 5) is 24.4. The fraction of sp³-hybridized carbons (Fsp3) is 0.316. The monoisotopic (exact) mass is 370 g/mol. The largest absolute Gasteiger partial charge is 0.472 e. The third-order valence-corrected chi connectivity index (χ3v) is 3.49. The van der Waals surface area contributed by atoms with Gasteiger partial charge in [-0.05, 0) is 39.0 Å². The lowest BCUT2D eigenvalue weighted by atomic mass is 10.1. The highest BCUT2D eigenvalue weighted by molar-refractivity contribution is 6.13. The van der Waals surface area contributed by atoms with Gasteiger partial charge in [0.15, 0.2) is 0 Å². The first-order valence-electron chi connectivity index (χ1n) is 8.55. The number of ether oxygens (including phenoxy) is 1. The number of aromatic nitrogens is 2. The number of furan rings is 1. The van der Waals surface area contributed by atoms with Crippen molar-refractivity contribution in [2.45, 2.75) is 26.4 Å². The number of nitrogens with zero attached hydrogens (tertiary/aromatic N) is 2. The van der Waals surface area contributed by atoms with Crippen molar-refractivity contribution < 1.29 is 18.8 Å². The van der Waals surface area contributed by atoms with Gasteiger partial charge in [-0.25, -0.2) is 4.79 Å². The van der Waals surface area contributed by atoms with Crippen molar-refractivity contribution in [2.24, 2.45) is 5.16 Å². The average Bonchev–Trinajstić information content (AvgIpc) is 3.25. The zero-order valence-electron chi connectivity index (χ0n) is 15.5. The van der Waals surface area contributed by atoms with Crippen LogP contribution in [0.2, 0.25) is 0 Å². The van der Waals surface area contributed by atoms with Crippen LogP contribution < -0.4 is 5.32 Å². The predicted molar refractivity (Wildman–Crippen MR) is 101 cm³/mol. The van der Waals surface area contributed by atoms with Gasteiger partial charge < -0.3 is 24.3 Å². The second kappa shape index (κ2) is 7.94. The first-order chi connectivity index (χ1) is 12.9. The first kappa shape index (κ1) is 18.5. The molecular formula is C19H22N4O4. The minimum absolute atomic E-state index is 0.197. The Morgan fingerprint density at radius 1 is 1.37 bits per heavy atom. The number of amides is 1. The van der Waals surface area contributed by atoms with Crippen LogP contribution in [0.3, 0.4) is 0 Å². The summed E-state index contributed by atoms with van der Waals surface area (Å²) >= 11 is 0. The van der Waals surface area contributed by atoms with Crippen LogP contribution in [0, 0.1) is 0 Å². The summed E-state index contributed by atoms with van der Waals surface area (Å²) in [5, 5.41) is 7.85. The van der Waals surface area contributed by atoms with E-state index in [1.807, 2.05) is 12.1 Å². The molecule has 3 heterocycles. The third-order valence-electron chi connectivity index (χ3n) is 3.49. The zero-order chi connectivity index (χ0) is 19.3. The van der Waals surface area contributed by atoms with Gasteiger partial charge >= 0.3 is 6.09 Å². The molecule has 0 aliphatic carbocycles. The van der Waals surface area contributed by atoms with Crippen LogP contribution in [0.4, 0.5) is 4.79 Å². The van der Waals surface area contributed by atoms with Crippen molar-refractivity contribution >= 4 is 22.7 Å². The van der Waals surface area contributed by atoms with Crippen molar-refractivity contribution in [3.63, 3.8) is 0 Å². The maximum atomic E-state index is 11.6. The lowest BCUT2D eigenvalue weighted by molar-refractivity contribution is 0.0502. The van der Waals surface area contributed by atoms with Gasteiger partial charge in [0.1, 0.15) is 17.9 Å². The van der Waals surface area contributed by atoms with Crippen molar-refractivity contribution in [2.75, 3.05) is 13.2 Å². The minimum Gasteiger partial charge on any atom is -0.472 e. The van der Waals surface area contributed by atoms with Gasteiger partial charge in [-0.15, -0.1) is 0 Å². The van der Waals surface area contributed by atoms with E-state index in [0.29, 0.717) is 5.71 Å². The van der Waals surface area contributed by atoms with Crippen molar-refractivity contribution in [1.82, 2.24) is 15.3 Å². The molecule has 0 saturated carbocycles. The van der Waals surface area contributed by atoms with Crippen LogP contribution in [0.25, 0.3) is 10.9 Å². The quantitative estimate of drug-likeness (QED) is 0.393. The Bertz CT molecular complexity index is 890. The zero-order valence-corrected chi connectivity index (χ0v) is 15.5. The molecule has 27 heavy (non-hydrogen) atoms. The average molecular weight is 370 g/mol. The number of rotatable bonds is 6. The first-order valence-corrected chi connectivity index (χ1v) is 8.55. The highest BCUT2D eigenvalue weighted by Gasteiger charge is 2.16. The summed E-state index contributed by atoms with van der Waals surface area (Å²) in [6, 6.07) is 5.67. The Kier molecular flexibility index (Phi) is 5.44. The molecule has 0 fully saturated rings. The number of hydrogen-bond acceptors (Lipinski definition) is 6. The van der Waals surface area contributed by atoms with Crippen molar-refractivity contribution in [3.05, 3.63) is 54.4 Å². The van der Waals surface area contributed by atoms with Gasteiger partial charge in [0.2, 0.25) is 0 Å². The summed E-state index contributed by atoms with van der Waals surface area (Å²) < 4.78 is 10.3. The molecule has 0 aliphatic rings. The van der Waals surface area contributed by atoms with Crippen LogP contribution in [0.1, 0.15) is 32.0 Å². The summed E-state index contributed by atoms with van der Waals surface area (Å²) in [5.41, 5.74) is 2.50. The van der Waals surface area contributed by atoms with E-state index in [1.165, 1.54) is 0 Å². The van der Waals surface area contributed by atoms with E-state index in [-0.39, 0.29) is 13.2 Å². The van der Waals surface area contributed by atoms with Gasteiger partial charge in [-0.1, -0.05) is 5.16 Å². The number of carbonyl (C=O) groups is 1. The van der Waals surface area contributed by atoms with Gasteiger partial charge in [0.05, 0.1) is 36.5 Å². The van der Waals surface area contributed by atoms with E-state index in [4.69, 9.17) is 14.0 Å². The molecule has 0 atom stereocenters. The topological polar surface area (TPSA) is 102 Å². The summed E-state index contributed by atoms with van der Waals surface area (Å²) in [5.74, 6) is 0. The Morgan fingerprint density at radius 2 is 2.22 bits per heavy atom. The molecule has 0 aromatic carbocycles. The number of carbonyl (C=O) groups excluding carboxylic acids is 1. The number of nitrogens with one attached hydrogen (secondary N) is 2. The Morgan fingerprint density at radius 3 is 2.93 bits per heavy atom. The molecule has 0 aliphatic heterocycles. The molecule has 2 N–H and O–H groups in total. The van der Waals surface area contributed by atoms with E-state index in [0.717, 1.165) is 22.2 Å². The number of fused-ring (bicyclic) bond motifs is 1. The van der Waals surface area contributed by atoms with Crippen LogP contribution in [0.5, 0.6) is 0 Å². The number of aromatic amines is 1. The molecule has 8 heteroatoms. The van der Waals surface area contributed by atoms with E-state index < -0.39 is 11.7 Å². The number of pyridine rings is 1. The molecule has 0 saturated heterocycles. The standard InChI is InChI=1S/C19H22N4O4/c1-19(2,3)27-18(24)21-7-9-26-23-17(14-5-8-25-12-14)15-10-13-4-6-20-11-16(13)22-15/h4-6,8,10-12,22H,7,9H2,1-3H3,(H,21,24)/b23-17+. The fourth-order valence-electron chi connectivity index (χ4n) is 2.38. The molecule has 0 bridgehead atoms.